The Hall–Kier alpha value is -2.71. The summed E-state index contributed by atoms with van der Waals surface area (Å²) in [5.74, 6) is -1.74. The topological polar surface area (TPSA) is 102 Å². The number of nitrogens with one attached hydrogen (secondary N) is 2. The first kappa shape index (κ1) is 20.6. The third kappa shape index (κ3) is 7.20. The second-order valence-electron chi connectivity index (χ2n) is 5.89. The summed E-state index contributed by atoms with van der Waals surface area (Å²) >= 11 is 0. The molecule has 2 rings (SSSR count). The van der Waals surface area contributed by atoms with Crippen LogP contribution in [0.25, 0.3) is 0 Å². The van der Waals surface area contributed by atoms with E-state index in [2.05, 4.69) is 10.6 Å². The highest BCUT2D eigenvalue weighted by Crippen LogP contribution is 2.11. The van der Waals surface area contributed by atoms with Gasteiger partial charge < -0.3 is 15.4 Å². The van der Waals surface area contributed by atoms with Gasteiger partial charge in [0.05, 0.1) is 12.4 Å². The van der Waals surface area contributed by atoms with Crippen molar-refractivity contribution in [3.63, 3.8) is 0 Å². The van der Waals surface area contributed by atoms with E-state index in [9.17, 15) is 18.0 Å². The minimum Gasteiger partial charge on any atom is -0.383 e. The summed E-state index contributed by atoms with van der Waals surface area (Å²) in [5.41, 5.74) is 1.48. The largest absolute Gasteiger partial charge is 0.383 e. The Labute approximate surface area is 158 Å². The van der Waals surface area contributed by atoms with E-state index in [1.807, 2.05) is 0 Å². The first-order valence-corrected chi connectivity index (χ1v) is 10.1. The Kier molecular flexibility index (Phi) is 7.51. The Balaban J connectivity index is 1.91. The number of carbonyl (C=O) groups excluding carboxylic acids is 2. The summed E-state index contributed by atoms with van der Waals surface area (Å²) < 4.78 is 29.3. The van der Waals surface area contributed by atoms with Crippen molar-refractivity contribution in [1.82, 2.24) is 5.32 Å². The lowest BCUT2D eigenvalue weighted by molar-refractivity contribution is -0.113. The molecule has 2 amide bonds. The molecule has 0 aromatic heterocycles. The highest BCUT2D eigenvalue weighted by atomic mass is 32.2. The lowest BCUT2D eigenvalue weighted by Crippen LogP contribution is -2.27. The molecule has 0 unspecified atom stereocenters. The van der Waals surface area contributed by atoms with Crippen molar-refractivity contribution in [2.45, 2.75) is 5.75 Å². The van der Waals surface area contributed by atoms with Gasteiger partial charge in [-0.25, -0.2) is 8.42 Å². The van der Waals surface area contributed by atoms with Crippen LogP contribution >= 0.6 is 0 Å². The van der Waals surface area contributed by atoms with E-state index >= 15 is 0 Å². The van der Waals surface area contributed by atoms with E-state index in [-0.39, 0.29) is 11.7 Å². The molecular weight excluding hydrogens is 368 g/mol. The molecule has 2 aromatic carbocycles. The number of benzene rings is 2. The van der Waals surface area contributed by atoms with Crippen LogP contribution < -0.4 is 10.6 Å². The number of amides is 2. The monoisotopic (exact) mass is 390 g/mol. The number of ether oxygens (including phenoxy) is 1. The van der Waals surface area contributed by atoms with E-state index in [1.54, 1.807) is 61.7 Å². The molecule has 0 saturated carbocycles. The van der Waals surface area contributed by atoms with Gasteiger partial charge in [0.15, 0.2) is 9.84 Å². The molecule has 0 spiro atoms. The second kappa shape index (κ2) is 9.84. The van der Waals surface area contributed by atoms with Crippen LogP contribution in [0.1, 0.15) is 15.9 Å². The number of carbonyl (C=O) groups is 2. The van der Waals surface area contributed by atoms with Gasteiger partial charge in [0, 0.05) is 24.9 Å². The fourth-order valence-electron chi connectivity index (χ4n) is 2.34. The lowest BCUT2D eigenvalue weighted by atomic mass is 10.1. The molecule has 0 saturated heterocycles. The van der Waals surface area contributed by atoms with Crippen LogP contribution in [0.2, 0.25) is 0 Å². The average molecular weight is 390 g/mol. The smallest absolute Gasteiger partial charge is 0.251 e. The van der Waals surface area contributed by atoms with Crippen molar-refractivity contribution < 1.29 is 22.7 Å². The number of rotatable bonds is 9. The third-order valence-corrected chi connectivity index (χ3v) is 5.08. The van der Waals surface area contributed by atoms with Gasteiger partial charge >= 0.3 is 0 Å². The van der Waals surface area contributed by atoms with Crippen molar-refractivity contribution in [3.05, 3.63) is 65.7 Å². The molecule has 144 valence electrons. The summed E-state index contributed by atoms with van der Waals surface area (Å²) in [5, 5.41) is 5.23. The van der Waals surface area contributed by atoms with Crippen LogP contribution in [0.5, 0.6) is 0 Å². The number of hydrogen-bond acceptors (Lipinski definition) is 5. The number of para-hydroxylation sites is 1. The van der Waals surface area contributed by atoms with Crippen LogP contribution in [-0.4, -0.2) is 46.2 Å². The highest BCUT2D eigenvalue weighted by Gasteiger charge is 2.18. The maximum atomic E-state index is 12.2. The van der Waals surface area contributed by atoms with Crippen molar-refractivity contribution >= 4 is 27.3 Å². The minimum atomic E-state index is -3.63. The summed E-state index contributed by atoms with van der Waals surface area (Å²) in [6.07, 6.45) is 0. The van der Waals surface area contributed by atoms with Crippen molar-refractivity contribution in [1.29, 1.82) is 0 Å². The number of hydrogen-bond donors (Lipinski definition) is 2. The van der Waals surface area contributed by atoms with E-state index in [4.69, 9.17) is 4.74 Å². The maximum Gasteiger partial charge on any atom is 0.251 e. The van der Waals surface area contributed by atoms with E-state index in [0.29, 0.717) is 30.0 Å². The predicted molar refractivity (Wildman–Crippen MR) is 103 cm³/mol. The van der Waals surface area contributed by atoms with Crippen LogP contribution in [0.4, 0.5) is 5.69 Å². The molecule has 0 aliphatic heterocycles. The van der Waals surface area contributed by atoms with Crippen molar-refractivity contribution in [2.24, 2.45) is 0 Å². The quantitative estimate of drug-likeness (QED) is 0.634. The molecule has 0 atom stereocenters. The van der Waals surface area contributed by atoms with Crippen molar-refractivity contribution in [2.75, 3.05) is 31.3 Å². The molecule has 0 fully saturated rings. The molecule has 2 N–H and O–H groups in total. The summed E-state index contributed by atoms with van der Waals surface area (Å²) in [6.45, 7) is 0.801. The third-order valence-electron chi connectivity index (χ3n) is 3.60. The molecule has 7 nitrogen and oxygen atoms in total. The zero-order valence-corrected chi connectivity index (χ0v) is 15.8. The first-order chi connectivity index (χ1) is 12.9. The van der Waals surface area contributed by atoms with Crippen LogP contribution in [0.3, 0.4) is 0 Å². The van der Waals surface area contributed by atoms with E-state index < -0.39 is 21.5 Å². The molecule has 0 radical (unpaired) electrons. The zero-order valence-electron chi connectivity index (χ0n) is 15.0. The molecule has 8 heteroatoms. The van der Waals surface area contributed by atoms with Gasteiger partial charge in [0.25, 0.3) is 5.91 Å². The fourth-order valence-corrected chi connectivity index (χ4v) is 3.62. The van der Waals surface area contributed by atoms with Gasteiger partial charge in [-0.3, -0.25) is 9.59 Å². The summed E-state index contributed by atoms with van der Waals surface area (Å²) in [7, 11) is -2.09. The molecule has 0 aliphatic carbocycles. The highest BCUT2D eigenvalue weighted by molar-refractivity contribution is 7.91. The Morgan fingerprint density at radius 3 is 2.30 bits per heavy atom. The van der Waals surface area contributed by atoms with Gasteiger partial charge in [-0.2, -0.15) is 0 Å². The normalized spacial score (nSPS) is 11.0. The molecule has 0 aliphatic rings. The van der Waals surface area contributed by atoms with Crippen molar-refractivity contribution in [3.8, 4) is 0 Å². The van der Waals surface area contributed by atoms with Gasteiger partial charge in [-0.05, 0) is 29.8 Å². The first-order valence-electron chi connectivity index (χ1n) is 8.31. The SMILES string of the molecule is COCCNC(=O)c1ccc(CS(=O)(=O)CC(=O)Nc2ccccc2)cc1. The molecule has 27 heavy (non-hydrogen) atoms. The van der Waals surface area contributed by atoms with Crippen LogP contribution in [-0.2, 0) is 25.1 Å². The summed E-state index contributed by atoms with van der Waals surface area (Å²) in [6, 6.07) is 14.9. The van der Waals surface area contributed by atoms with Gasteiger partial charge in [0.2, 0.25) is 5.91 Å². The van der Waals surface area contributed by atoms with Crippen LogP contribution in [0.15, 0.2) is 54.6 Å². The zero-order chi connectivity index (χ0) is 19.7. The molecule has 0 heterocycles. The van der Waals surface area contributed by atoms with E-state index in [1.165, 1.54) is 0 Å². The van der Waals surface area contributed by atoms with Gasteiger partial charge in [-0.15, -0.1) is 0 Å². The molecule has 0 bridgehead atoms. The van der Waals surface area contributed by atoms with E-state index in [0.717, 1.165) is 0 Å². The maximum absolute atomic E-state index is 12.2. The Bertz CT molecular complexity index is 865. The van der Waals surface area contributed by atoms with Gasteiger partial charge in [0.1, 0.15) is 5.75 Å². The Morgan fingerprint density at radius 2 is 1.67 bits per heavy atom. The number of sulfone groups is 1. The number of anilines is 1. The standard InChI is InChI=1S/C19H22N2O5S/c1-26-12-11-20-19(23)16-9-7-15(8-10-16)13-27(24,25)14-18(22)21-17-5-3-2-4-6-17/h2-10H,11-14H2,1H3,(H,20,23)(H,21,22). The minimum absolute atomic E-state index is 0.260. The number of methoxy groups -OCH3 is 1. The molecular formula is C19H22N2O5S. The Morgan fingerprint density at radius 1 is 1.00 bits per heavy atom. The summed E-state index contributed by atoms with van der Waals surface area (Å²) in [4.78, 5) is 23.8. The second-order valence-corrected chi connectivity index (χ2v) is 7.96. The lowest BCUT2D eigenvalue weighted by Gasteiger charge is -2.08. The molecule has 2 aromatic rings. The fraction of sp³-hybridized carbons (Fsp3) is 0.263. The predicted octanol–water partition coefficient (Wildman–Crippen LogP) is 1.62. The van der Waals surface area contributed by atoms with Gasteiger partial charge in [-0.1, -0.05) is 30.3 Å². The van der Waals surface area contributed by atoms with Crippen LogP contribution in [0, 0.1) is 0 Å². The average Bonchev–Trinajstić information content (AvgIpc) is 2.62.